The molecule has 0 bridgehead atoms. The van der Waals surface area contributed by atoms with Crippen molar-refractivity contribution in [2.24, 2.45) is 0 Å². The second-order valence-corrected chi connectivity index (χ2v) is 7.13. The van der Waals surface area contributed by atoms with Crippen molar-refractivity contribution in [3.05, 3.63) is 65.3 Å². The Morgan fingerprint density at radius 3 is 2.36 bits per heavy atom. The Labute approximate surface area is 166 Å². The van der Waals surface area contributed by atoms with E-state index >= 15 is 0 Å². The molecule has 0 spiro atoms. The van der Waals surface area contributed by atoms with Gasteiger partial charge in [-0.2, -0.15) is 0 Å². The van der Waals surface area contributed by atoms with E-state index in [0.717, 1.165) is 21.9 Å². The number of carbonyl (C=O) groups excluding carboxylic acids is 1. The number of nitrogens with one attached hydrogen (secondary N) is 1. The highest BCUT2D eigenvalue weighted by molar-refractivity contribution is 7.15. The van der Waals surface area contributed by atoms with Gasteiger partial charge in [-0.3, -0.25) is 9.20 Å². The standard InChI is InChI=1S/C21H19N3O3S/c1-13-12-28-21-23-19(11-24(13)21)14-4-6-16(7-5-14)22-20(25)15-8-17(26-2)10-18(9-15)27-3/h4-12H,1-3H3,(H,22,25). The number of ether oxygens (including phenoxy) is 2. The first-order chi connectivity index (χ1) is 13.6. The zero-order valence-electron chi connectivity index (χ0n) is 15.7. The summed E-state index contributed by atoms with van der Waals surface area (Å²) in [6.07, 6.45) is 2.03. The number of benzene rings is 2. The molecule has 1 N–H and O–H groups in total. The highest BCUT2D eigenvalue weighted by Crippen LogP contribution is 2.26. The summed E-state index contributed by atoms with van der Waals surface area (Å²) in [5.74, 6) is 0.896. The number of aryl methyl sites for hydroxylation is 1. The molecule has 7 heteroatoms. The van der Waals surface area contributed by atoms with Crippen LogP contribution in [-0.2, 0) is 0 Å². The van der Waals surface area contributed by atoms with Crippen molar-refractivity contribution in [1.29, 1.82) is 0 Å². The van der Waals surface area contributed by atoms with Crippen LogP contribution < -0.4 is 14.8 Å². The van der Waals surface area contributed by atoms with E-state index in [2.05, 4.69) is 27.0 Å². The van der Waals surface area contributed by atoms with E-state index in [4.69, 9.17) is 9.47 Å². The first kappa shape index (κ1) is 18.1. The van der Waals surface area contributed by atoms with Gasteiger partial charge in [0.05, 0.1) is 19.9 Å². The smallest absolute Gasteiger partial charge is 0.255 e. The highest BCUT2D eigenvalue weighted by atomic mass is 32.1. The molecule has 4 aromatic rings. The lowest BCUT2D eigenvalue weighted by Gasteiger charge is -2.09. The maximum Gasteiger partial charge on any atom is 0.255 e. The van der Waals surface area contributed by atoms with Gasteiger partial charge in [0.15, 0.2) is 4.96 Å². The Bertz CT molecular complexity index is 1120. The number of hydrogen-bond donors (Lipinski definition) is 1. The Morgan fingerprint density at radius 2 is 1.75 bits per heavy atom. The molecule has 0 saturated carbocycles. The molecule has 2 aromatic carbocycles. The fourth-order valence-corrected chi connectivity index (χ4v) is 3.75. The van der Waals surface area contributed by atoms with E-state index < -0.39 is 0 Å². The van der Waals surface area contributed by atoms with Crippen LogP contribution in [0.15, 0.2) is 54.0 Å². The van der Waals surface area contributed by atoms with E-state index in [1.807, 2.05) is 30.5 Å². The molecule has 1 amide bonds. The summed E-state index contributed by atoms with van der Waals surface area (Å²) >= 11 is 1.62. The van der Waals surface area contributed by atoms with E-state index in [9.17, 15) is 4.79 Å². The van der Waals surface area contributed by atoms with Crippen LogP contribution in [0.2, 0.25) is 0 Å². The summed E-state index contributed by atoms with van der Waals surface area (Å²) in [5.41, 5.74) is 4.23. The maximum atomic E-state index is 12.6. The third-order valence-corrected chi connectivity index (χ3v) is 5.40. The molecule has 0 radical (unpaired) electrons. The second-order valence-electron chi connectivity index (χ2n) is 6.29. The third kappa shape index (κ3) is 3.44. The molecule has 4 rings (SSSR count). The Morgan fingerprint density at radius 1 is 1.07 bits per heavy atom. The largest absolute Gasteiger partial charge is 0.497 e. The summed E-state index contributed by atoms with van der Waals surface area (Å²) in [6, 6.07) is 12.7. The average molecular weight is 393 g/mol. The van der Waals surface area contributed by atoms with Crippen LogP contribution >= 0.6 is 11.3 Å². The molecule has 6 nitrogen and oxygen atoms in total. The van der Waals surface area contributed by atoms with Gasteiger partial charge in [0.1, 0.15) is 11.5 Å². The lowest BCUT2D eigenvalue weighted by atomic mass is 10.1. The minimum Gasteiger partial charge on any atom is -0.497 e. The molecule has 2 aromatic heterocycles. The van der Waals surface area contributed by atoms with Crippen LogP contribution in [0.5, 0.6) is 11.5 Å². The normalized spacial score (nSPS) is 10.8. The summed E-state index contributed by atoms with van der Waals surface area (Å²) in [4.78, 5) is 18.2. The molecular formula is C21H19N3O3S. The number of anilines is 1. The van der Waals surface area contributed by atoms with E-state index in [-0.39, 0.29) is 5.91 Å². The minimum absolute atomic E-state index is 0.233. The molecule has 2 heterocycles. The summed E-state index contributed by atoms with van der Waals surface area (Å²) in [7, 11) is 3.10. The van der Waals surface area contributed by atoms with Gasteiger partial charge < -0.3 is 14.8 Å². The monoisotopic (exact) mass is 393 g/mol. The van der Waals surface area contributed by atoms with Crippen molar-refractivity contribution in [2.75, 3.05) is 19.5 Å². The molecule has 142 valence electrons. The molecular weight excluding hydrogens is 374 g/mol. The van der Waals surface area contributed by atoms with Gasteiger partial charge >= 0.3 is 0 Å². The predicted octanol–water partition coefficient (Wildman–Crippen LogP) is 4.64. The van der Waals surface area contributed by atoms with Gasteiger partial charge in [-0.15, -0.1) is 11.3 Å². The van der Waals surface area contributed by atoms with Crippen molar-refractivity contribution in [2.45, 2.75) is 6.92 Å². The third-order valence-electron chi connectivity index (χ3n) is 4.44. The van der Waals surface area contributed by atoms with Gasteiger partial charge in [0.2, 0.25) is 0 Å². The highest BCUT2D eigenvalue weighted by Gasteiger charge is 2.11. The van der Waals surface area contributed by atoms with Gasteiger partial charge in [0, 0.05) is 40.2 Å². The number of imidazole rings is 1. The first-order valence-corrected chi connectivity index (χ1v) is 9.53. The molecule has 28 heavy (non-hydrogen) atoms. The molecule has 0 saturated heterocycles. The summed E-state index contributed by atoms with van der Waals surface area (Å²) < 4.78 is 12.5. The lowest BCUT2D eigenvalue weighted by Crippen LogP contribution is -2.12. The van der Waals surface area contributed by atoms with E-state index in [1.165, 1.54) is 0 Å². The topological polar surface area (TPSA) is 64.9 Å². The number of amides is 1. The van der Waals surface area contributed by atoms with Crippen molar-refractivity contribution < 1.29 is 14.3 Å². The molecule has 0 aliphatic rings. The lowest BCUT2D eigenvalue weighted by molar-refractivity contribution is 0.102. The van der Waals surface area contributed by atoms with Gasteiger partial charge in [-0.05, 0) is 31.2 Å². The van der Waals surface area contributed by atoms with Crippen LogP contribution in [0.1, 0.15) is 16.1 Å². The van der Waals surface area contributed by atoms with Crippen LogP contribution in [0.3, 0.4) is 0 Å². The van der Waals surface area contributed by atoms with E-state index in [0.29, 0.717) is 22.7 Å². The van der Waals surface area contributed by atoms with E-state index in [1.54, 1.807) is 43.8 Å². The van der Waals surface area contributed by atoms with Gasteiger partial charge in [0.25, 0.3) is 5.91 Å². The second kappa shape index (κ2) is 7.36. The quantitative estimate of drug-likeness (QED) is 0.536. The SMILES string of the molecule is COc1cc(OC)cc(C(=O)Nc2ccc(-c3cn4c(C)csc4n3)cc2)c1. The fourth-order valence-electron chi connectivity index (χ4n) is 2.90. The first-order valence-electron chi connectivity index (χ1n) is 8.65. The van der Waals surface area contributed by atoms with Crippen molar-refractivity contribution in [3.8, 4) is 22.8 Å². The molecule has 0 aliphatic carbocycles. The van der Waals surface area contributed by atoms with Crippen LogP contribution in [0.4, 0.5) is 5.69 Å². The molecule has 0 unspecified atom stereocenters. The minimum atomic E-state index is -0.233. The Balaban J connectivity index is 1.53. The predicted molar refractivity (Wildman–Crippen MR) is 111 cm³/mol. The number of nitrogens with zero attached hydrogens (tertiary/aromatic N) is 2. The number of rotatable bonds is 5. The average Bonchev–Trinajstić information content (AvgIpc) is 3.30. The van der Waals surface area contributed by atoms with Crippen molar-refractivity contribution in [3.63, 3.8) is 0 Å². The Kier molecular flexibility index (Phi) is 4.75. The van der Waals surface area contributed by atoms with Crippen molar-refractivity contribution in [1.82, 2.24) is 9.38 Å². The Hall–Kier alpha value is -3.32. The number of carbonyl (C=O) groups is 1. The zero-order valence-corrected chi connectivity index (χ0v) is 16.5. The van der Waals surface area contributed by atoms with Crippen LogP contribution in [-0.4, -0.2) is 29.5 Å². The summed E-state index contributed by atoms with van der Waals surface area (Å²) in [5, 5.41) is 4.98. The molecule has 0 aliphatic heterocycles. The van der Waals surface area contributed by atoms with Crippen LogP contribution in [0.25, 0.3) is 16.2 Å². The number of hydrogen-bond acceptors (Lipinski definition) is 5. The molecule has 0 fully saturated rings. The molecule has 0 atom stereocenters. The number of aromatic nitrogens is 2. The maximum absolute atomic E-state index is 12.6. The van der Waals surface area contributed by atoms with Crippen LogP contribution in [0, 0.1) is 6.92 Å². The zero-order chi connectivity index (χ0) is 19.7. The fraction of sp³-hybridized carbons (Fsp3) is 0.143. The van der Waals surface area contributed by atoms with Gasteiger partial charge in [-0.25, -0.2) is 4.98 Å². The number of fused-ring (bicyclic) bond motifs is 1. The number of methoxy groups -OCH3 is 2. The summed E-state index contributed by atoms with van der Waals surface area (Å²) in [6.45, 7) is 2.06. The van der Waals surface area contributed by atoms with Crippen molar-refractivity contribution >= 4 is 27.9 Å². The van der Waals surface area contributed by atoms with Gasteiger partial charge in [-0.1, -0.05) is 12.1 Å². The number of thiazole rings is 1.